The van der Waals surface area contributed by atoms with Gasteiger partial charge in [0.1, 0.15) is 23.9 Å². The molecular formula is C35H51N5O6Si2. The highest BCUT2D eigenvalue weighted by molar-refractivity contribution is 6.84. The molecule has 1 aromatic carbocycles. The first kappa shape index (κ1) is 36.1. The van der Waals surface area contributed by atoms with E-state index in [4.69, 9.17) is 17.7 Å². The molecule has 1 saturated carbocycles. The average Bonchev–Trinajstić information content (AvgIpc) is 3.61. The lowest BCUT2D eigenvalue weighted by atomic mass is 10.1. The number of hydrogen-bond acceptors (Lipinski definition) is 10. The van der Waals surface area contributed by atoms with Crippen molar-refractivity contribution in [1.29, 1.82) is 0 Å². The maximum Gasteiger partial charge on any atom is 0.335 e. The van der Waals surface area contributed by atoms with E-state index in [1.807, 2.05) is 30.3 Å². The molecule has 0 unspecified atom stereocenters. The van der Waals surface area contributed by atoms with Crippen molar-refractivity contribution < 1.29 is 27.3 Å². The Morgan fingerprint density at radius 3 is 2.27 bits per heavy atom. The van der Waals surface area contributed by atoms with Crippen molar-refractivity contribution in [3.05, 3.63) is 71.9 Å². The molecular weight excluding hydrogens is 643 g/mol. The van der Waals surface area contributed by atoms with E-state index in [0.29, 0.717) is 25.4 Å². The highest BCUT2D eigenvalue weighted by Gasteiger charge is 2.61. The Kier molecular flexibility index (Phi) is 11.0. The molecule has 0 amide bonds. The number of carbonyl (C=O) groups is 2. The van der Waals surface area contributed by atoms with Gasteiger partial charge in [0, 0.05) is 31.8 Å². The summed E-state index contributed by atoms with van der Waals surface area (Å²) in [5.41, 5.74) is 2.34. The number of rotatable bonds is 11. The van der Waals surface area contributed by atoms with E-state index in [0.717, 1.165) is 5.56 Å². The number of ether oxygens (including phenoxy) is 1. The summed E-state index contributed by atoms with van der Waals surface area (Å²) in [7, 11) is -5.69. The Hall–Kier alpha value is -3.24. The normalized spacial score (nSPS) is 23.6. The van der Waals surface area contributed by atoms with Gasteiger partial charge in [0.25, 0.3) is 0 Å². The third-order valence-corrected chi connectivity index (χ3v) is 20.0. The van der Waals surface area contributed by atoms with E-state index >= 15 is 0 Å². The lowest BCUT2D eigenvalue weighted by Gasteiger charge is -2.51. The standard InChI is InChI=1S/C35H51N5O6Si2/c1-22(2)47(23(3)4)43-20-28-17-31(34(44-26(9)41)33(28)45-48(46-47,24(5)6)25(7)8)38-35-29(18-36-21-37-35)32(42)30-15-16-40(39-30)19-27-13-11-10-12-14-27/h10-16,18,21-25,28,31,33-34H,17,19-20H2,1-9H3,(H,36,37,38)/t28-,31-,33-,34-/m1/s1. The zero-order chi connectivity index (χ0) is 34.8. The van der Waals surface area contributed by atoms with Crippen LogP contribution in [0.3, 0.4) is 0 Å². The number of nitrogens with zero attached hydrogens (tertiary/aromatic N) is 4. The fraction of sp³-hybridized carbons (Fsp3) is 0.571. The predicted octanol–water partition coefficient (Wildman–Crippen LogP) is 6.64. The summed E-state index contributed by atoms with van der Waals surface area (Å²) in [4.78, 5) is 35.1. The predicted molar refractivity (Wildman–Crippen MR) is 188 cm³/mol. The number of benzene rings is 1. The van der Waals surface area contributed by atoms with Crippen LogP contribution in [-0.2, 0) is 29.0 Å². The van der Waals surface area contributed by atoms with Gasteiger partial charge in [0.15, 0.2) is 0 Å². The fourth-order valence-electron chi connectivity index (χ4n) is 7.33. The van der Waals surface area contributed by atoms with E-state index in [1.54, 1.807) is 16.9 Å². The molecule has 2 aromatic heterocycles. The molecule has 0 bridgehead atoms. The molecule has 48 heavy (non-hydrogen) atoms. The molecule has 1 aliphatic heterocycles. The molecule has 11 nitrogen and oxygen atoms in total. The van der Waals surface area contributed by atoms with Gasteiger partial charge in [0.05, 0.1) is 24.3 Å². The zero-order valence-electron chi connectivity index (χ0n) is 29.7. The Balaban J connectivity index is 1.46. The molecule has 0 spiro atoms. The van der Waals surface area contributed by atoms with Crippen molar-refractivity contribution in [2.75, 3.05) is 11.9 Å². The average molecular weight is 694 g/mol. The summed E-state index contributed by atoms with van der Waals surface area (Å²) < 4.78 is 29.5. The number of ketones is 1. The number of fused-ring (bicyclic) bond motifs is 1. The van der Waals surface area contributed by atoms with Gasteiger partial charge in [-0.3, -0.25) is 14.3 Å². The molecule has 4 atom stereocenters. The van der Waals surface area contributed by atoms with Crippen LogP contribution in [0, 0.1) is 5.92 Å². The molecule has 3 heterocycles. The lowest BCUT2D eigenvalue weighted by Crippen LogP contribution is -2.65. The van der Waals surface area contributed by atoms with Gasteiger partial charge in [-0.2, -0.15) is 5.10 Å². The van der Waals surface area contributed by atoms with Crippen LogP contribution in [0.4, 0.5) is 5.82 Å². The molecule has 0 radical (unpaired) electrons. The number of esters is 1. The Bertz CT molecular complexity index is 1550. The Morgan fingerprint density at radius 1 is 0.979 bits per heavy atom. The molecule has 2 aliphatic rings. The first-order valence-electron chi connectivity index (χ1n) is 17.1. The van der Waals surface area contributed by atoms with Gasteiger partial charge in [-0.05, 0) is 40.2 Å². The minimum absolute atomic E-state index is 0.0702. The van der Waals surface area contributed by atoms with Gasteiger partial charge >= 0.3 is 23.1 Å². The van der Waals surface area contributed by atoms with E-state index in [1.165, 1.54) is 19.4 Å². The minimum Gasteiger partial charge on any atom is -0.458 e. The van der Waals surface area contributed by atoms with Crippen LogP contribution in [0.15, 0.2) is 55.1 Å². The van der Waals surface area contributed by atoms with Crippen molar-refractivity contribution in [2.45, 2.75) is 116 Å². The van der Waals surface area contributed by atoms with E-state index in [-0.39, 0.29) is 45.1 Å². The highest BCUT2D eigenvalue weighted by Crippen LogP contribution is 2.49. The first-order chi connectivity index (χ1) is 22.8. The van der Waals surface area contributed by atoms with Crippen molar-refractivity contribution >= 4 is 34.7 Å². The van der Waals surface area contributed by atoms with Crippen molar-refractivity contribution in [1.82, 2.24) is 19.7 Å². The van der Waals surface area contributed by atoms with Crippen LogP contribution in [0.1, 0.15) is 90.3 Å². The molecule has 1 aliphatic carbocycles. The highest BCUT2D eigenvalue weighted by atomic mass is 28.5. The Labute approximate surface area is 286 Å². The SMILES string of the molecule is CC(=O)O[C@H]1[C@@H]2O[Si](C(C)C)(C(C)C)O[Si](C(C)C)(C(C)C)OC[C@H]2C[C@H]1Nc1ncncc1C(=O)c1ccn(Cc2ccccc2)n1. The molecule has 260 valence electrons. The van der Waals surface area contributed by atoms with Crippen LogP contribution in [0.5, 0.6) is 0 Å². The lowest BCUT2D eigenvalue weighted by molar-refractivity contribution is -0.152. The maximum atomic E-state index is 13.8. The molecule has 5 rings (SSSR count). The third-order valence-electron chi connectivity index (χ3n) is 9.76. The van der Waals surface area contributed by atoms with E-state index in [2.05, 4.69) is 75.8 Å². The fourth-order valence-corrected chi connectivity index (χ4v) is 18.6. The largest absolute Gasteiger partial charge is 0.458 e. The van der Waals surface area contributed by atoms with E-state index in [9.17, 15) is 9.59 Å². The van der Waals surface area contributed by atoms with Gasteiger partial charge < -0.3 is 23.0 Å². The zero-order valence-corrected chi connectivity index (χ0v) is 31.7. The Morgan fingerprint density at radius 2 is 1.65 bits per heavy atom. The monoisotopic (exact) mass is 693 g/mol. The molecule has 1 N–H and O–H groups in total. The van der Waals surface area contributed by atoms with Gasteiger partial charge in [-0.25, -0.2) is 9.97 Å². The minimum atomic E-state index is -2.95. The van der Waals surface area contributed by atoms with Crippen LogP contribution in [-0.4, -0.2) is 73.5 Å². The van der Waals surface area contributed by atoms with E-state index < -0.39 is 41.3 Å². The van der Waals surface area contributed by atoms with Crippen LogP contribution in [0.25, 0.3) is 0 Å². The first-order valence-corrected chi connectivity index (χ1v) is 21.1. The van der Waals surface area contributed by atoms with Crippen LogP contribution in [0.2, 0.25) is 22.2 Å². The second-order valence-electron chi connectivity index (χ2n) is 14.4. The summed E-state index contributed by atoms with van der Waals surface area (Å²) in [5.74, 6) is -0.427. The molecule has 2 fully saturated rings. The van der Waals surface area contributed by atoms with Crippen molar-refractivity contribution in [2.24, 2.45) is 5.92 Å². The quantitative estimate of drug-likeness (QED) is 0.133. The van der Waals surface area contributed by atoms with Gasteiger partial charge in [-0.1, -0.05) is 85.7 Å². The number of aromatic nitrogens is 4. The second-order valence-corrected chi connectivity index (χ2v) is 23.2. The smallest absolute Gasteiger partial charge is 0.335 e. The molecule has 3 aromatic rings. The van der Waals surface area contributed by atoms with Crippen molar-refractivity contribution in [3.8, 4) is 0 Å². The summed E-state index contributed by atoms with van der Waals surface area (Å²) in [6.45, 7) is 19.9. The second kappa shape index (κ2) is 14.7. The van der Waals surface area contributed by atoms with Gasteiger partial charge in [0.2, 0.25) is 5.78 Å². The molecule has 1 saturated heterocycles. The van der Waals surface area contributed by atoms with Crippen LogP contribution >= 0.6 is 0 Å². The topological polar surface area (TPSA) is 127 Å². The third kappa shape index (κ3) is 7.20. The summed E-state index contributed by atoms with van der Waals surface area (Å²) in [6, 6.07) is 11.2. The van der Waals surface area contributed by atoms with Crippen LogP contribution < -0.4 is 5.32 Å². The van der Waals surface area contributed by atoms with Gasteiger partial charge in [-0.15, -0.1) is 0 Å². The van der Waals surface area contributed by atoms with Crippen molar-refractivity contribution in [3.63, 3.8) is 0 Å². The number of hydrogen-bond donors (Lipinski definition) is 1. The maximum absolute atomic E-state index is 13.8. The number of anilines is 1. The molecule has 13 heteroatoms. The summed E-state index contributed by atoms with van der Waals surface area (Å²) in [5, 5.41) is 8.03. The number of carbonyl (C=O) groups excluding carboxylic acids is 2. The summed E-state index contributed by atoms with van der Waals surface area (Å²) >= 11 is 0. The summed E-state index contributed by atoms with van der Waals surface area (Å²) in [6.07, 6.45) is 4.18. The number of nitrogens with one attached hydrogen (secondary N) is 1.